The van der Waals surface area contributed by atoms with Crippen LogP contribution in [0.15, 0.2) is 18.3 Å². The predicted molar refractivity (Wildman–Crippen MR) is 66.0 cm³/mol. The maximum Gasteiger partial charge on any atom is 0.406 e. The molecule has 114 valence electrons. The average molecular weight is 303 g/mol. The monoisotopic (exact) mass is 303 g/mol. The van der Waals surface area contributed by atoms with Crippen molar-refractivity contribution in [2.45, 2.75) is 19.6 Å². The van der Waals surface area contributed by atoms with E-state index in [1.165, 1.54) is 18.3 Å². The molecule has 0 fully saturated rings. The number of H-pyrrole nitrogens is 1. The molecule has 0 aromatic carbocycles. The van der Waals surface area contributed by atoms with Gasteiger partial charge in [-0.2, -0.15) is 18.2 Å². The number of rotatable bonds is 5. The van der Waals surface area contributed by atoms with Crippen LogP contribution in [0.5, 0.6) is 6.01 Å². The van der Waals surface area contributed by atoms with Crippen LogP contribution < -0.4 is 10.1 Å². The molecule has 2 aromatic heterocycles. The Morgan fingerprint density at radius 3 is 2.95 bits per heavy atom. The minimum atomic E-state index is -4.41. The van der Waals surface area contributed by atoms with Crippen molar-refractivity contribution >= 4 is 11.9 Å². The number of ether oxygens (including phenoxy) is 1. The second-order valence-electron chi connectivity index (χ2n) is 3.99. The summed E-state index contributed by atoms with van der Waals surface area (Å²) in [6, 6.07) is 2.67. The molecular formula is C11H12F3N5O2. The normalized spacial score (nSPS) is 11.4. The molecule has 0 aliphatic carbocycles. The van der Waals surface area contributed by atoms with Gasteiger partial charge in [0.15, 0.2) is 0 Å². The zero-order chi connectivity index (χ0) is 15.5. The fraction of sp³-hybridized carbons (Fsp3) is 0.364. The number of hydrogen-bond acceptors (Lipinski definition) is 4. The van der Waals surface area contributed by atoms with Crippen LogP contribution >= 0.6 is 0 Å². The minimum Gasteiger partial charge on any atom is -0.463 e. The summed E-state index contributed by atoms with van der Waals surface area (Å²) in [5, 5.41) is 8.38. The lowest BCUT2D eigenvalue weighted by atomic mass is 10.4. The molecule has 0 saturated heterocycles. The Morgan fingerprint density at radius 1 is 1.52 bits per heavy atom. The number of nitrogens with zero attached hydrogens (tertiary/aromatic N) is 3. The third-order valence-electron chi connectivity index (χ3n) is 2.38. The van der Waals surface area contributed by atoms with E-state index < -0.39 is 18.6 Å². The maximum absolute atomic E-state index is 12.4. The third-order valence-corrected chi connectivity index (χ3v) is 2.38. The van der Waals surface area contributed by atoms with Crippen molar-refractivity contribution in [2.75, 3.05) is 11.9 Å². The maximum atomic E-state index is 12.4. The fourth-order valence-electron chi connectivity index (χ4n) is 1.62. The zero-order valence-corrected chi connectivity index (χ0v) is 10.9. The van der Waals surface area contributed by atoms with E-state index in [9.17, 15) is 18.0 Å². The second-order valence-corrected chi connectivity index (χ2v) is 3.99. The molecule has 2 heterocycles. The van der Waals surface area contributed by atoms with Gasteiger partial charge in [0.05, 0.1) is 6.61 Å². The van der Waals surface area contributed by atoms with Gasteiger partial charge in [-0.3, -0.25) is 10.1 Å². The van der Waals surface area contributed by atoms with Crippen LogP contribution in [0, 0.1) is 0 Å². The van der Waals surface area contributed by atoms with Crippen LogP contribution in [-0.2, 0) is 6.54 Å². The van der Waals surface area contributed by atoms with Gasteiger partial charge in [0.25, 0.3) is 5.91 Å². The average Bonchev–Trinajstić information content (AvgIpc) is 2.97. The number of aromatic amines is 1. The minimum absolute atomic E-state index is 0.0109. The van der Waals surface area contributed by atoms with Gasteiger partial charge in [-0.1, -0.05) is 0 Å². The van der Waals surface area contributed by atoms with Gasteiger partial charge in [0.2, 0.25) is 5.95 Å². The van der Waals surface area contributed by atoms with Crippen molar-refractivity contribution in [1.29, 1.82) is 0 Å². The molecule has 0 aliphatic heterocycles. The van der Waals surface area contributed by atoms with Gasteiger partial charge < -0.3 is 9.30 Å². The highest BCUT2D eigenvalue weighted by Gasteiger charge is 2.29. The molecular weight excluding hydrogens is 291 g/mol. The summed E-state index contributed by atoms with van der Waals surface area (Å²) >= 11 is 0. The number of nitrogens with one attached hydrogen (secondary N) is 2. The topological polar surface area (TPSA) is 84.8 Å². The standard InChI is InChI=1S/C11H12F3N5O2/c1-2-21-10-16-9(17-18-10)15-8(20)7-4-3-5-19(7)6-11(12,13)14/h3-5H,2,6H2,1H3,(H2,15,16,17,18,20). The summed E-state index contributed by atoms with van der Waals surface area (Å²) in [5.41, 5.74) is -0.137. The molecule has 7 nitrogen and oxygen atoms in total. The van der Waals surface area contributed by atoms with Crippen LogP contribution in [0.3, 0.4) is 0 Å². The van der Waals surface area contributed by atoms with Gasteiger partial charge in [-0.15, -0.1) is 5.10 Å². The zero-order valence-electron chi connectivity index (χ0n) is 10.9. The molecule has 2 N–H and O–H groups in total. The highest BCUT2D eigenvalue weighted by Crippen LogP contribution is 2.19. The van der Waals surface area contributed by atoms with Gasteiger partial charge in [0.1, 0.15) is 12.2 Å². The Labute approximate surface area is 117 Å². The molecule has 0 unspecified atom stereocenters. The number of aromatic nitrogens is 4. The van der Waals surface area contributed by atoms with Crippen molar-refractivity contribution in [3.63, 3.8) is 0 Å². The van der Waals surface area contributed by atoms with E-state index in [2.05, 4.69) is 20.5 Å². The molecule has 2 aromatic rings. The Balaban J connectivity index is 2.08. The van der Waals surface area contributed by atoms with E-state index in [0.29, 0.717) is 6.61 Å². The second kappa shape index (κ2) is 5.85. The predicted octanol–water partition coefficient (Wildman–Crippen LogP) is 1.82. The third kappa shape index (κ3) is 3.97. The summed E-state index contributed by atoms with van der Waals surface area (Å²) in [4.78, 5) is 15.7. The van der Waals surface area contributed by atoms with Gasteiger partial charge in [0, 0.05) is 6.20 Å². The largest absolute Gasteiger partial charge is 0.463 e. The summed E-state index contributed by atoms with van der Waals surface area (Å²) in [6.07, 6.45) is -3.24. The molecule has 21 heavy (non-hydrogen) atoms. The number of carbonyl (C=O) groups is 1. The van der Waals surface area contributed by atoms with Crippen molar-refractivity contribution < 1.29 is 22.7 Å². The van der Waals surface area contributed by atoms with Crippen LogP contribution in [0.1, 0.15) is 17.4 Å². The molecule has 0 bridgehead atoms. The SMILES string of the molecule is CCOc1n[nH]c(NC(=O)c2cccn2CC(F)(F)F)n1. The van der Waals surface area contributed by atoms with E-state index in [0.717, 1.165) is 4.57 Å². The van der Waals surface area contributed by atoms with Crippen molar-refractivity contribution in [1.82, 2.24) is 19.7 Å². The lowest BCUT2D eigenvalue weighted by Gasteiger charge is -2.11. The Hall–Kier alpha value is -2.52. The van der Waals surface area contributed by atoms with Gasteiger partial charge in [-0.25, -0.2) is 5.10 Å². The van der Waals surface area contributed by atoms with E-state index in [-0.39, 0.29) is 17.7 Å². The quantitative estimate of drug-likeness (QED) is 0.882. The molecule has 0 saturated carbocycles. The Bertz CT molecular complexity index is 619. The van der Waals surface area contributed by atoms with Crippen LogP contribution in [0.4, 0.5) is 19.1 Å². The van der Waals surface area contributed by atoms with Crippen LogP contribution in [-0.4, -0.2) is 38.4 Å². The number of alkyl halides is 3. The first kappa shape index (κ1) is 14.9. The van der Waals surface area contributed by atoms with E-state index in [1.807, 2.05) is 0 Å². The first-order chi connectivity index (χ1) is 9.89. The first-order valence-corrected chi connectivity index (χ1v) is 5.97. The van der Waals surface area contributed by atoms with Gasteiger partial charge >= 0.3 is 12.2 Å². The molecule has 0 spiro atoms. The van der Waals surface area contributed by atoms with Crippen LogP contribution in [0.25, 0.3) is 0 Å². The van der Waals surface area contributed by atoms with Crippen molar-refractivity contribution in [2.24, 2.45) is 0 Å². The molecule has 10 heteroatoms. The Kier molecular flexibility index (Phi) is 4.15. The highest BCUT2D eigenvalue weighted by atomic mass is 19.4. The molecule has 0 aliphatic rings. The van der Waals surface area contributed by atoms with Crippen LogP contribution in [0.2, 0.25) is 0 Å². The molecule has 1 amide bonds. The summed E-state index contributed by atoms with van der Waals surface area (Å²) in [7, 11) is 0. The lowest BCUT2D eigenvalue weighted by Crippen LogP contribution is -2.23. The number of hydrogen-bond donors (Lipinski definition) is 2. The molecule has 0 atom stereocenters. The first-order valence-electron chi connectivity index (χ1n) is 5.97. The number of carbonyl (C=O) groups excluding carboxylic acids is 1. The summed E-state index contributed by atoms with van der Waals surface area (Å²) in [6.45, 7) is 0.835. The van der Waals surface area contributed by atoms with E-state index >= 15 is 0 Å². The van der Waals surface area contributed by atoms with Gasteiger partial charge in [-0.05, 0) is 19.1 Å². The van der Waals surface area contributed by atoms with Crippen molar-refractivity contribution in [3.05, 3.63) is 24.0 Å². The molecule has 2 rings (SSSR count). The number of anilines is 1. The summed E-state index contributed by atoms with van der Waals surface area (Å²) < 4.78 is 42.9. The number of amides is 1. The summed E-state index contributed by atoms with van der Waals surface area (Å²) in [5.74, 6) is -0.744. The fourth-order valence-corrected chi connectivity index (χ4v) is 1.62. The molecule has 0 radical (unpaired) electrons. The van der Waals surface area contributed by atoms with E-state index in [1.54, 1.807) is 6.92 Å². The van der Waals surface area contributed by atoms with E-state index in [4.69, 9.17) is 4.74 Å². The number of halogens is 3. The highest BCUT2D eigenvalue weighted by molar-refractivity contribution is 6.02. The Morgan fingerprint density at radius 2 is 2.29 bits per heavy atom. The smallest absolute Gasteiger partial charge is 0.406 e. The lowest BCUT2D eigenvalue weighted by molar-refractivity contribution is -0.140. The van der Waals surface area contributed by atoms with Crippen molar-refractivity contribution in [3.8, 4) is 6.01 Å².